The summed E-state index contributed by atoms with van der Waals surface area (Å²) in [6.45, 7) is 9.28. The fourth-order valence-electron chi connectivity index (χ4n) is 4.43. The van der Waals surface area contributed by atoms with E-state index in [1.807, 2.05) is 48.5 Å². The van der Waals surface area contributed by atoms with Crippen LogP contribution in [0.4, 0.5) is 0 Å². The minimum absolute atomic E-state index is 0.00587. The van der Waals surface area contributed by atoms with E-state index < -0.39 is 6.04 Å². The molecule has 3 aromatic carbocycles. The highest BCUT2D eigenvalue weighted by Gasteiger charge is 2.18. The van der Waals surface area contributed by atoms with E-state index in [1.165, 1.54) is 25.7 Å². The molecule has 0 fully saturated rings. The molecule has 1 heterocycles. The summed E-state index contributed by atoms with van der Waals surface area (Å²) >= 11 is 0. The Hall–Kier alpha value is -4.26. The standard InChI is InChI=1S/C34H39N3O4/c1-5-6-7-8-9-22-40-29-20-16-27(17-21-29)33-36-31(37-41-33)25-12-10-24(11-13-25)30(23-38)35-32(39)26-14-18-28(19-15-26)34(2,3)4/h10-21,23,30H,5-9,22H2,1-4H3,(H,35,39). The molecule has 0 bridgehead atoms. The fraction of sp³-hybridized carbons (Fsp3) is 0.353. The van der Waals surface area contributed by atoms with Crippen molar-refractivity contribution in [3.05, 3.63) is 89.5 Å². The fourth-order valence-corrected chi connectivity index (χ4v) is 4.43. The van der Waals surface area contributed by atoms with Gasteiger partial charge in [-0.05, 0) is 59.4 Å². The number of unbranched alkanes of at least 4 members (excludes halogenated alkanes) is 4. The second-order valence-corrected chi connectivity index (χ2v) is 11.2. The van der Waals surface area contributed by atoms with E-state index in [4.69, 9.17) is 9.26 Å². The number of benzene rings is 3. The van der Waals surface area contributed by atoms with Crippen LogP contribution in [0.2, 0.25) is 0 Å². The number of hydrogen-bond acceptors (Lipinski definition) is 6. The topological polar surface area (TPSA) is 94.3 Å². The molecule has 1 atom stereocenters. The van der Waals surface area contributed by atoms with Gasteiger partial charge in [-0.2, -0.15) is 4.98 Å². The summed E-state index contributed by atoms with van der Waals surface area (Å²) < 4.78 is 11.3. The molecule has 1 amide bonds. The zero-order valence-corrected chi connectivity index (χ0v) is 24.4. The Kier molecular flexibility index (Phi) is 10.1. The first-order chi connectivity index (χ1) is 19.8. The number of rotatable bonds is 13. The molecule has 0 saturated heterocycles. The molecule has 4 rings (SSSR count). The third-order valence-electron chi connectivity index (χ3n) is 7.01. The lowest BCUT2D eigenvalue weighted by molar-refractivity contribution is -0.109. The van der Waals surface area contributed by atoms with Crippen LogP contribution >= 0.6 is 0 Å². The molecule has 4 aromatic rings. The molecule has 7 nitrogen and oxygen atoms in total. The smallest absolute Gasteiger partial charge is 0.258 e. The van der Waals surface area contributed by atoms with Crippen LogP contribution in [0.3, 0.4) is 0 Å². The number of aldehydes is 1. The Morgan fingerprint density at radius 3 is 2.20 bits per heavy atom. The van der Waals surface area contributed by atoms with Crippen molar-refractivity contribution in [3.63, 3.8) is 0 Å². The molecule has 1 aromatic heterocycles. The van der Waals surface area contributed by atoms with Gasteiger partial charge in [-0.25, -0.2) is 0 Å². The molecule has 0 radical (unpaired) electrons. The maximum absolute atomic E-state index is 12.8. The molecule has 41 heavy (non-hydrogen) atoms. The first-order valence-electron chi connectivity index (χ1n) is 14.3. The molecular formula is C34H39N3O4. The van der Waals surface area contributed by atoms with Crippen LogP contribution in [0, 0.1) is 0 Å². The average molecular weight is 554 g/mol. The first-order valence-corrected chi connectivity index (χ1v) is 14.3. The maximum Gasteiger partial charge on any atom is 0.258 e. The van der Waals surface area contributed by atoms with E-state index in [9.17, 15) is 9.59 Å². The molecule has 1 unspecified atom stereocenters. The maximum atomic E-state index is 12.8. The lowest BCUT2D eigenvalue weighted by Crippen LogP contribution is -2.29. The predicted octanol–water partition coefficient (Wildman–Crippen LogP) is 7.72. The molecule has 0 aliphatic carbocycles. The van der Waals surface area contributed by atoms with Gasteiger partial charge in [-0.3, -0.25) is 4.79 Å². The van der Waals surface area contributed by atoms with Crippen molar-refractivity contribution in [3.8, 4) is 28.6 Å². The third kappa shape index (κ3) is 8.13. The molecule has 214 valence electrons. The number of carbonyl (C=O) groups excluding carboxylic acids is 2. The van der Waals surface area contributed by atoms with Crippen LogP contribution in [-0.4, -0.2) is 28.9 Å². The minimum Gasteiger partial charge on any atom is -0.494 e. The summed E-state index contributed by atoms with van der Waals surface area (Å²) in [5, 5.41) is 6.92. The molecular weight excluding hydrogens is 514 g/mol. The molecule has 0 aliphatic heterocycles. The summed E-state index contributed by atoms with van der Waals surface area (Å²) in [5.41, 5.74) is 3.83. The van der Waals surface area contributed by atoms with Gasteiger partial charge >= 0.3 is 0 Å². The minimum atomic E-state index is -0.781. The Balaban J connectivity index is 1.35. The number of amides is 1. The van der Waals surface area contributed by atoms with Crippen LogP contribution in [0.15, 0.2) is 77.3 Å². The molecule has 0 spiro atoms. The van der Waals surface area contributed by atoms with Gasteiger partial charge in [0.2, 0.25) is 5.82 Å². The number of carbonyl (C=O) groups is 2. The van der Waals surface area contributed by atoms with Gasteiger partial charge in [0, 0.05) is 16.7 Å². The lowest BCUT2D eigenvalue weighted by Gasteiger charge is -2.19. The van der Waals surface area contributed by atoms with Crippen molar-refractivity contribution in [2.45, 2.75) is 71.3 Å². The Morgan fingerprint density at radius 2 is 1.56 bits per heavy atom. The number of nitrogens with one attached hydrogen (secondary N) is 1. The van der Waals surface area contributed by atoms with Gasteiger partial charge in [0.05, 0.1) is 6.61 Å². The van der Waals surface area contributed by atoms with Gasteiger partial charge in [-0.1, -0.05) is 94.9 Å². The van der Waals surface area contributed by atoms with Crippen molar-refractivity contribution in [2.75, 3.05) is 6.61 Å². The number of ether oxygens (including phenoxy) is 1. The second kappa shape index (κ2) is 13.9. The van der Waals surface area contributed by atoms with Crippen molar-refractivity contribution in [1.82, 2.24) is 15.5 Å². The van der Waals surface area contributed by atoms with Crippen molar-refractivity contribution in [1.29, 1.82) is 0 Å². The van der Waals surface area contributed by atoms with E-state index in [0.717, 1.165) is 35.1 Å². The Morgan fingerprint density at radius 1 is 0.902 bits per heavy atom. The molecule has 7 heteroatoms. The Bertz CT molecular complexity index is 1400. The van der Waals surface area contributed by atoms with E-state index in [-0.39, 0.29) is 11.3 Å². The number of nitrogens with zero attached hydrogens (tertiary/aromatic N) is 2. The van der Waals surface area contributed by atoms with Crippen molar-refractivity contribution >= 4 is 12.2 Å². The van der Waals surface area contributed by atoms with Crippen LogP contribution < -0.4 is 10.1 Å². The first kappa shape index (κ1) is 29.7. The zero-order chi connectivity index (χ0) is 29.2. The van der Waals surface area contributed by atoms with Gasteiger partial charge < -0.3 is 19.4 Å². The van der Waals surface area contributed by atoms with Crippen LogP contribution in [0.1, 0.15) is 87.3 Å². The van der Waals surface area contributed by atoms with Crippen molar-refractivity contribution in [2.24, 2.45) is 0 Å². The van der Waals surface area contributed by atoms with Gasteiger partial charge in [0.25, 0.3) is 11.8 Å². The summed E-state index contributed by atoms with van der Waals surface area (Å²) in [7, 11) is 0. The summed E-state index contributed by atoms with van der Waals surface area (Å²) in [5.74, 6) is 1.35. The second-order valence-electron chi connectivity index (χ2n) is 11.2. The molecule has 1 N–H and O–H groups in total. The lowest BCUT2D eigenvalue weighted by atomic mass is 9.86. The third-order valence-corrected chi connectivity index (χ3v) is 7.01. The highest BCUT2D eigenvalue weighted by molar-refractivity contribution is 5.95. The summed E-state index contributed by atoms with van der Waals surface area (Å²) in [4.78, 5) is 29.2. The monoisotopic (exact) mass is 553 g/mol. The average Bonchev–Trinajstić information content (AvgIpc) is 3.48. The highest BCUT2D eigenvalue weighted by atomic mass is 16.5. The van der Waals surface area contributed by atoms with Gasteiger partial charge in [0.1, 0.15) is 18.1 Å². The molecule has 0 aliphatic rings. The zero-order valence-electron chi connectivity index (χ0n) is 24.4. The summed E-state index contributed by atoms with van der Waals surface area (Å²) in [6, 6.07) is 21.5. The van der Waals surface area contributed by atoms with E-state index in [2.05, 4.69) is 43.2 Å². The van der Waals surface area contributed by atoms with E-state index in [0.29, 0.717) is 29.4 Å². The van der Waals surface area contributed by atoms with Crippen LogP contribution in [0.25, 0.3) is 22.8 Å². The van der Waals surface area contributed by atoms with E-state index >= 15 is 0 Å². The normalized spacial score (nSPS) is 12.1. The molecule has 0 saturated carbocycles. The number of aromatic nitrogens is 2. The highest BCUT2D eigenvalue weighted by Crippen LogP contribution is 2.26. The number of hydrogen-bond donors (Lipinski definition) is 1. The van der Waals surface area contributed by atoms with Crippen molar-refractivity contribution < 1.29 is 18.8 Å². The Labute approximate surface area is 242 Å². The summed E-state index contributed by atoms with van der Waals surface area (Å²) in [6.07, 6.45) is 6.73. The SMILES string of the molecule is CCCCCCCOc1ccc(-c2nc(-c3ccc(C(C=O)NC(=O)c4ccc(C(C)(C)C)cc4)cc3)no2)cc1. The van der Waals surface area contributed by atoms with Gasteiger partial charge in [-0.15, -0.1) is 0 Å². The van der Waals surface area contributed by atoms with Crippen LogP contribution in [0.5, 0.6) is 5.75 Å². The van der Waals surface area contributed by atoms with Crippen LogP contribution in [-0.2, 0) is 10.2 Å². The van der Waals surface area contributed by atoms with E-state index in [1.54, 1.807) is 24.3 Å². The quantitative estimate of drug-likeness (QED) is 0.135. The van der Waals surface area contributed by atoms with Gasteiger partial charge in [0.15, 0.2) is 0 Å². The predicted molar refractivity (Wildman–Crippen MR) is 161 cm³/mol. The largest absolute Gasteiger partial charge is 0.494 e.